The Balaban J connectivity index is 1.56. The Labute approximate surface area is 263 Å². The van der Waals surface area contributed by atoms with E-state index in [1.54, 1.807) is 78.5 Å². The number of amides is 2. The molecule has 0 spiro atoms. The maximum atomic E-state index is 13.2. The highest BCUT2D eigenvalue weighted by molar-refractivity contribution is 9.10. The summed E-state index contributed by atoms with van der Waals surface area (Å²) < 4.78 is 13.0. The van der Waals surface area contributed by atoms with E-state index in [1.807, 2.05) is 36.6 Å². The molecule has 0 aliphatic rings. The van der Waals surface area contributed by atoms with E-state index in [-0.39, 0.29) is 11.7 Å². The lowest BCUT2D eigenvalue weighted by Gasteiger charge is -2.28. The fourth-order valence-electron chi connectivity index (χ4n) is 4.21. The van der Waals surface area contributed by atoms with Crippen LogP contribution in [0.25, 0.3) is 0 Å². The van der Waals surface area contributed by atoms with E-state index in [0.29, 0.717) is 45.7 Å². The van der Waals surface area contributed by atoms with Gasteiger partial charge in [-0.25, -0.2) is 4.79 Å². The molecule has 0 aromatic heterocycles. The molecule has 10 heteroatoms. The first-order valence-corrected chi connectivity index (χ1v) is 15.5. The van der Waals surface area contributed by atoms with Crippen molar-refractivity contribution in [1.29, 1.82) is 0 Å². The molecule has 0 bridgehead atoms. The molecule has 4 aromatic carbocycles. The van der Waals surface area contributed by atoms with Crippen LogP contribution < -0.4 is 21.1 Å². The molecule has 8 nitrogen and oxygen atoms in total. The van der Waals surface area contributed by atoms with E-state index in [1.165, 1.54) is 12.1 Å². The van der Waals surface area contributed by atoms with Crippen molar-refractivity contribution in [2.24, 2.45) is 0 Å². The van der Waals surface area contributed by atoms with Crippen LogP contribution in [0.4, 0.5) is 21.9 Å². The topological polar surface area (TPSA) is 123 Å². The standard InChI is InChI=1S/C33H32BrN3O5S/c1-43-25-18-16-23(17-19-25)36-33(40)42-32(26-21-22(34)15-20-29(26)38)30(41-24-9-3-2-4-10-24)13-7-8-14-31(39)37-28-12-6-5-11-27(28)35/h2-6,8-12,14-21,30,32,38H,7,13,35H2,1H3,(H,36,40)(H,37,39)/b14-8+/t30-,32-/m1/s1. The van der Waals surface area contributed by atoms with Gasteiger partial charge in [0.1, 0.15) is 17.6 Å². The maximum absolute atomic E-state index is 13.2. The van der Waals surface area contributed by atoms with Gasteiger partial charge in [0.25, 0.3) is 0 Å². The Hall–Kier alpha value is -4.41. The Bertz CT molecular complexity index is 1550. The number of ether oxygens (including phenoxy) is 2. The highest BCUT2D eigenvalue weighted by atomic mass is 79.9. The number of nitrogens with two attached hydrogens (primary N) is 1. The number of allylic oxidation sites excluding steroid dienone is 1. The molecule has 0 aliphatic heterocycles. The third-order valence-corrected chi connectivity index (χ3v) is 7.58. The second kappa shape index (κ2) is 15.7. The van der Waals surface area contributed by atoms with Crippen LogP contribution in [-0.2, 0) is 9.53 Å². The molecular weight excluding hydrogens is 630 g/mol. The third kappa shape index (κ3) is 9.56. The second-order valence-electron chi connectivity index (χ2n) is 9.41. The van der Waals surface area contributed by atoms with E-state index in [9.17, 15) is 14.7 Å². The Morgan fingerprint density at radius 2 is 1.70 bits per heavy atom. The number of thioether (sulfide) groups is 1. The van der Waals surface area contributed by atoms with Crippen molar-refractivity contribution in [1.82, 2.24) is 0 Å². The van der Waals surface area contributed by atoms with Gasteiger partial charge in [0.15, 0.2) is 6.10 Å². The monoisotopic (exact) mass is 661 g/mol. The summed E-state index contributed by atoms with van der Waals surface area (Å²) in [6.07, 6.45) is 3.40. The molecule has 2 amide bonds. The predicted octanol–water partition coefficient (Wildman–Crippen LogP) is 8.17. The molecule has 5 N–H and O–H groups in total. The fourth-order valence-corrected chi connectivity index (χ4v) is 5.00. The van der Waals surface area contributed by atoms with Crippen LogP contribution in [0.3, 0.4) is 0 Å². The van der Waals surface area contributed by atoms with Crippen molar-refractivity contribution < 1.29 is 24.2 Å². The van der Waals surface area contributed by atoms with Gasteiger partial charge in [0, 0.05) is 20.6 Å². The Kier molecular flexibility index (Phi) is 11.5. The minimum Gasteiger partial charge on any atom is -0.508 e. The maximum Gasteiger partial charge on any atom is 0.412 e. The molecule has 0 aliphatic carbocycles. The van der Waals surface area contributed by atoms with Gasteiger partial charge in [-0.1, -0.05) is 52.3 Å². The van der Waals surface area contributed by atoms with Crippen molar-refractivity contribution in [3.05, 3.63) is 119 Å². The van der Waals surface area contributed by atoms with Gasteiger partial charge in [0.2, 0.25) is 5.91 Å². The highest BCUT2D eigenvalue weighted by Gasteiger charge is 2.31. The van der Waals surface area contributed by atoms with Crippen molar-refractivity contribution in [3.63, 3.8) is 0 Å². The van der Waals surface area contributed by atoms with E-state index < -0.39 is 18.3 Å². The number of halogens is 1. The largest absolute Gasteiger partial charge is 0.508 e. The van der Waals surface area contributed by atoms with E-state index in [4.69, 9.17) is 15.2 Å². The number of aromatic hydroxyl groups is 1. The van der Waals surface area contributed by atoms with Crippen LogP contribution in [0.5, 0.6) is 11.5 Å². The zero-order chi connectivity index (χ0) is 30.6. The van der Waals surface area contributed by atoms with Gasteiger partial charge in [-0.3, -0.25) is 10.1 Å². The molecule has 0 heterocycles. The van der Waals surface area contributed by atoms with Crippen molar-refractivity contribution in [2.45, 2.75) is 29.9 Å². The quantitative estimate of drug-likeness (QED) is 0.0686. The molecular formula is C33H32BrN3O5S. The summed E-state index contributed by atoms with van der Waals surface area (Å²) in [5.74, 6) is 0.176. The second-order valence-corrected chi connectivity index (χ2v) is 11.2. The summed E-state index contributed by atoms with van der Waals surface area (Å²) in [4.78, 5) is 26.7. The van der Waals surface area contributed by atoms with Gasteiger partial charge in [-0.05, 0) is 91.9 Å². The number of para-hydroxylation sites is 3. The SMILES string of the molecule is CSc1ccc(NC(=O)O[C@H](c2cc(Br)ccc2O)[C@@H](CC/C=C/C(=O)Nc2ccccc2N)Oc2ccccc2)cc1. The fraction of sp³-hybridized carbons (Fsp3) is 0.152. The lowest BCUT2D eigenvalue weighted by Crippen LogP contribution is -2.31. The number of benzene rings is 4. The molecule has 4 rings (SSSR count). The van der Waals surface area contributed by atoms with Crippen LogP contribution in [0.1, 0.15) is 24.5 Å². The van der Waals surface area contributed by atoms with E-state index in [2.05, 4.69) is 26.6 Å². The number of nitrogen functional groups attached to an aromatic ring is 1. The number of hydrogen-bond donors (Lipinski definition) is 4. The zero-order valence-electron chi connectivity index (χ0n) is 23.4. The first-order chi connectivity index (χ1) is 20.8. The van der Waals surface area contributed by atoms with E-state index >= 15 is 0 Å². The molecule has 0 saturated carbocycles. The number of anilines is 3. The zero-order valence-corrected chi connectivity index (χ0v) is 25.8. The lowest BCUT2D eigenvalue weighted by atomic mass is 9.99. The van der Waals surface area contributed by atoms with Crippen LogP contribution >= 0.6 is 27.7 Å². The van der Waals surface area contributed by atoms with Gasteiger partial charge < -0.3 is 25.6 Å². The average molecular weight is 663 g/mol. The average Bonchev–Trinajstić information content (AvgIpc) is 3.01. The van der Waals surface area contributed by atoms with Gasteiger partial charge >= 0.3 is 6.09 Å². The molecule has 0 saturated heterocycles. The molecule has 0 unspecified atom stereocenters. The van der Waals surface area contributed by atoms with Gasteiger partial charge in [0.05, 0.1) is 11.4 Å². The minimum absolute atomic E-state index is 0.0534. The number of phenols is 1. The molecule has 4 aromatic rings. The normalized spacial score (nSPS) is 12.3. The number of nitrogens with one attached hydrogen (secondary N) is 2. The summed E-state index contributed by atoms with van der Waals surface area (Å²) in [6.45, 7) is 0. The first kappa shape index (κ1) is 31.5. The van der Waals surface area contributed by atoms with Crippen LogP contribution in [0, 0.1) is 0 Å². The Morgan fingerprint density at radius 1 is 0.977 bits per heavy atom. The summed E-state index contributed by atoms with van der Waals surface area (Å²) in [5, 5.41) is 16.3. The highest BCUT2D eigenvalue weighted by Crippen LogP contribution is 2.36. The van der Waals surface area contributed by atoms with Crippen molar-refractivity contribution >= 4 is 56.8 Å². The van der Waals surface area contributed by atoms with Crippen molar-refractivity contribution in [2.75, 3.05) is 22.6 Å². The minimum atomic E-state index is -1.01. The van der Waals surface area contributed by atoms with Crippen LogP contribution in [-0.4, -0.2) is 29.5 Å². The summed E-state index contributed by atoms with van der Waals surface area (Å²) in [5.41, 5.74) is 7.84. The lowest BCUT2D eigenvalue weighted by molar-refractivity contribution is -0.111. The Morgan fingerprint density at radius 3 is 2.42 bits per heavy atom. The number of hydrogen-bond acceptors (Lipinski definition) is 7. The number of carbonyl (C=O) groups is 2. The molecule has 2 atom stereocenters. The summed E-state index contributed by atoms with van der Waals surface area (Å²) in [6, 6.07) is 28.4. The van der Waals surface area contributed by atoms with Crippen molar-refractivity contribution in [3.8, 4) is 11.5 Å². The first-order valence-electron chi connectivity index (χ1n) is 13.5. The summed E-state index contributed by atoms with van der Waals surface area (Å²) >= 11 is 5.05. The van der Waals surface area contributed by atoms with Gasteiger partial charge in [-0.15, -0.1) is 11.8 Å². The summed E-state index contributed by atoms with van der Waals surface area (Å²) in [7, 11) is 0. The third-order valence-electron chi connectivity index (χ3n) is 6.34. The number of phenolic OH excluding ortho intramolecular Hbond substituents is 1. The molecule has 0 fully saturated rings. The predicted molar refractivity (Wildman–Crippen MR) is 176 cm³/mol. The van der Waals surface area contributed by atoms with Gasteiger partial charge in [-0.2, -0.15) is 0 Å². The van der Waals surface area contributed by atoms with E-state index in [0.717, 1.165) is 4.90 Å². The molecule has 43 heavy (non-hydrogen) atoms. The number of rotatable bonds is 12. The smallest absolute Gasteiger partial charge is 0.412 e. The van der Waals surface area contributed by atoms with Crippen LogP contribution in [0.2, 0.25) is 0 Å². The molecule has 222 valence electrons. The molecule has 0 radical (unpaired) electrons. The van der Waals surface area contributed by atoms with Crippen LogP contribution in [0.15, 0.2) is 119 Å². The number of carbonyl (C=O) groups excluding carboxylic acids is 2.